The number of nitrogens with one attached hydrogen (secondary N) is 1. The summed E-state index contributed by atoms with van der Waals surface area (Å²) in [6.07, 6.45) is 26.0. The van der Waals surface area contributed by atoms with Gasteiger partial charge >= 0.3 is 0 Å². The van der Waals surface area contributed by atoms with E-state index < -0.39 is 0 Å². The van der Waals surface area contributed by atoms with E-state index in [0.29, 0.717) is 12.5 Å². The van der Waals surface area contributed by atoms with Gasteiger partial charge in [0.2, 0.25) is 0 Å². The Kier molecular flexibility index (Phi) is 13.2. The Labute approximate surface area is 262 Å². The lowest BCUT2D eigenvalue weighted by Gasteiger charge is -2.31. The number of ether oxygens (including phenoxy) is 1. The van der Waals surface area contributed by atoms with Gasteiger partial charge in [0.05, 0.1) is 6.61 Å². The van der Waals surface area contributed by atoms with Gasteiger partial charge in [0.25, 0.3) is 0 Å². The van der Waals surface area contributed by atoms with Crippen molar-refractivity contribution in [3.05, 3.63) is 120 Å². The average Bonchev–Trinajstić information content (AvgIpc) is 3.34. The molecule has 2 heteroatoms. The van der Waals surface area contributed by atoms with E-state index in [-0.39, 0.29) is 6.10 Å². The quantitative estimate of drug-likeness (QED) is 0.212. The van der Waals surface area contributed by atoms with Crippen LogP contribution in [0.1, 0.15) is 79.1 Å². The van der Waals surface area contributed by atoms with E-state index >= 15 is 0 Å². The summed E-state index contributed by atoms with van der Waals surface area (Å²) in [5.74, 6) is 2.94. The third-order valence-electron chi connectivity index (χ3n) is 9.58. The minimum Gasteiger partial charge on any atom is -0.387 e. The molecule has 2 nitrogen and oxygen atoms in total. The lowest BCUT2D eigenvalue weighted by molar-refractivity contribution is 0.130. The van der Waals surface area contributed by atoms with Gasteiger partial charge in [-0.05, 0) is 95.5 Å². The second kappa shape index (κ2) is 17.3. The predicted octanol–water partition coefficient (Wildman–Crippen LogP) is 10.9. The fourth-order valence-electron chi connectivity index (χ4n) is 7.46. The molecule has 0 spiro atoms. The highest BCUT2D eigenvalue weighted by atomic mass is 16.5. The third kappa shape index (κ3) is 8.96. The molecule has 1 aliphatic heterocycles. The molecule has 1 saturated carbocycles. The first-order chi connectivity index (χ1) is 21.1. The number of hydrogen-bond donors (Lipinski definition) is 1. The van der Waals surface area contributed by atoms with Crippen molar-refractivity contribution in [3.63, 3.8) is 0 Å². The van der Waals surface area contributed by atoms with Crippen molar-refractivity contribution < 1.29 is 4.74 Å². The van der Waals surface area contributed by atoms with Crippen molar-refractivity contribution in [1.82, 2.24) is 5.32 Å². The molecule has 5 unspecified atom stereocenters. The molecule has 0 radical (unpaired) electrons. The number of rotatable bonds is 11. The third-order valence-corrected chi connectivity index (χ3v) is 9.58. The van der Waals surface area contributed by atoms with Gasteiger partial charge in [-0.1, -0.05) is 138 Å². The fraction of sp³-hybridized carbons (Fsp3) is 0.463. The van der Waals surface area contributed by atoms with E-state index in [1.807, 2.05) is 6.08 Å². The molecule has 2 aromatic rings. The van der Waals surface area contributed by atoms with Crippen LogP contribution in [-0.4, -0.2) is 19.3 Å². The number of hydrogen-bond acceptors (Lipinski definition) is 2. The molecule has 43 heavy (non-hydrogen) atoms. The molecule has 2 aliphatic carbocycles. The SMILES string of the molecule is C=C1C=CCOC1/C=C\C(C)C(/C=C\NCC1=C(CC)C2CCCCC2C1CCC)=C/CC.c1ccc2ccccc2c1. The molecular formula is C41H55NO. The van der Waals surface area contributed by atoms with Gasteiger partial charge in [-0.2, -0.15) is 0 Å². The molecular weight excluding hydrogens is 522 g/mol. The lowest BCUT2D eigenvalue weighted by Crippen LogP contribution is -2.23. The van der Waals surface area contributed by atoms with Crippen LogP contribution in [0.15, 0.2) is 120 Å². The van der Waals surface area contributed by atoms with Crippen LogP contribution in [0.3, 0.4) is 0 Å². The van der Waals surface area contributed by atoms with Gasteiger partial charge in [-0.3, -0.25) is 0 Å². The first-order valence-electron chi connectivity index (χ1n) is 17.0. The van der Waals surface area contributed by atoms with Crippen LogP contribution in [0.5, 0.6) is 0 Å². The van der Waals surface area contributed by atoms with Gasteiger partial charge in [0.1, 0.15) is 6.10 Å². The Hall–Kier alpha value is -3.10. The zero-order valence-electron chi connectivity index (χ0n) is 27.2. The Balaban J connectivity index is 0.000000353. The zero-order valence-corrected chi connectivity index (χ0v) is 27.2. The molecule has 2 aromatic carbocycles. The summed E-state index contributed by atoms with van der Waals surface area (Å²) in [5, 5.41) is 6.32. The maximum Gasteiger partial charge on any atom is 0.100 e. The van der Waals surface area contributed by atoms with Crippen molar-refractivity contribution >= 4 is 10.8 Å². The van der Waals surface area contributed by atoms with Gasteiger partial charge < -0.3 is 10.1 Å². The minimum atomic E-state index is 0.00299. The molecule has 0 aromatic heterocycles. The summed E-state index contributed by atoms with van der Waals surface area (Å²) in [7, 11) is 0. The Bertz CT molecular complexity index is 1260. The highest BCUT2D eigenvalue weighted by Crippen LogP contribution is 2.51. The van der Waals surface area contributed by atoms with Gasteiger partial charge in [0, 0.05) is 6.54 Å². The van der Waals surface area contributed by atoms with Gasteiger partial charge in [-0.25, -0.2) is 0 Å². The van der Waals surface area contributed by atoms with Crippen LogP contribution in [0.4, 0.5) is 0 Å². The van der Waals surface area contributed by atoms with Crippen LogP contribution >= 0.6 is 0 Å². The second-order valence-electron chi connectivity index (χ2n) is 12.4. The van der Waals surface area contributed by atoms with E-state index in [4.69, 9.17) is 4.74 Å². The number of allylic oxidation sites excluding steroid dienone is 5. The van der Waals surface area contributed by atoms with Gasteiger partial charge in [-0.15, -0.1) is 0 Å². The van der Waals surface area contributed by atoms with Crippen molar-refractivity contribution in [2.24, 2.45) is 23.7 Å². The highest BCUT2D eigenvalue weighted by Gasteiger charge is 2.41. The minimum absolute atomic E-state index is 0.00299. The molecule has 0 saturated heterocycles. The summed E-state index contributed by atoms with van der Waals surface area (Å²) in [6.45, 7) is 15.0. The normalized spacial score (nSPS) is 24.8. The van der Waals surface area contributed by atoms with Crippen LogP contribution in [0, 0.1) is 23.7 Å². The first kappa shape index (κ1) is 32.8. The summed E-state index contributed by atoms with van der Waals surface area (Å²) >= 11 is 0. The predicted molar refractivity (Wildman–Crippen MR) is 187 cm³/mol. The molecule has 1 N–H and O–H groups in total. The van der Waals surface area contributed by atoms with E-state index in [2.05, 4.69) is 125 Å². The van der Waals surface area contributed by atoms with Crippen LogP contribution in [0.25, 0.3) is 10.8 Å². The van der Waals surface area contributed by atoms with Crippen LogP contribution in [0.2, 0.25) is 0 Å². The van der Waals surface area contributed by atoms with Crippen molar-refractivity contribution in [3.8, 4) is 0 Å². The van der Waals surface area contributed by atoms with Crippen molar-refractivity contribution in [2.45, 2.75) is 85.2 Å². The topological polar surface area (TPSA) is 21.3 Å². The monoisotopic (exact) mass is 577 g/mol. The Morgan fingerprint density at radius 2 is 1.70 bits per heavy atom. The van der Waals surface area contributed by atoms with Crippen LogP contribution < -0.4 is 5.32 Å². The Morgan fingerprint density at radius 1 is 1.00 bits per heavy atom. The van der Waals surface area contributed by atoms with E-state index in [1.54, 1.807) is 11.1 Å². The first-order valence-corrected chi connectivity index (χ1v) is 17.0. The summed E-state index contributed by atoms with van der Waals surface area (Å²) in [4.78, 5) is 0. The van der Waals surface area contributed by atoms with Gasteiger partial charge in [0.15, 0.2) is 0 Å². The number of benzene rings is 2. The molecule has 5 rings (SSSR count). The smallest absolute Gasteiger partial charge is 0.100 e. The maximum absolute atomic E-state index is 5.80. The highest BCUT2D eigenvalue weighted by molar-refractivity contribution is 5.82. The lowest BCUT2D eigenvalue weighted by atomic mass is 9.74. The molecule has 230 valence electrons. The maximum atomic E-state index is 5.80. The summed E-state index contributed by atoms with van der Waals surface area (Å²) < 4.78 is 5.80. The molecule has 1 fully saturated rings. The Morgan fingerprint density at radius 3 is 2.33 bits per heavy atom. The van der Waals surface area contributed by atoms with Crippen LogP contribution in [-0.2, 0) is 4.74 Å². The van der Waals surface area contributed by atoms with Crippen molar-refractivity contribution in [1.29, 1.82) is 0 Å². The largest absolute Gasteiger partial charge is 0.387 e. The average molecular weight is 578 g/mol. The number of fused-ring (bicyclic) bond motifs is 2. The molecule has 5 atom stereocenters. The molecule has 0 bridgehead atoms. The molecule has 1 heterocycles. The summed E-state index contributed by atoms with van der Waals surface area (Å²) in [5.41, 5.74) is 5.92. The van der Waals surface area contributed by atoms with Crippen molar-refractivity contribution in [2.75, 3.05) is 13.2 Å². The van der Waals surface area contributed by atoms with E-state index in [0.717, 1.165) is 36.3 Å². The second-order valence-corrected chi connectivity index (χ2v) is 12.4. The summed E-state index contributed by atoms with van der Waals surface area (Å²) in [6, 6.07) is 16.7. The molecule has 3 aliphatic rings. The molecule has 0 amide bonds. The fourth-order valence-corrected chi connectivity index (χ4v) is 7.46. The van der Waals surface area contributed by atoms with E-state index in [1.165, 1.54) is 61.3 Å². The van der Waals surface area contributed by atoms with E-state index in [9.17, 15) is 0 Å². The zero-order chi connectivity index (χ0) is 30.4. The standard InChI is InChI=1S/C31H47NO.C10H8/c1-6-12-25(23(4)17-18-31-24(5)14-11-21-33-31)19-20-32-22-30-26(8-3)28-15-9-10-16-29(28)27(30)13-7-2;1-2-6-10-8-4-3-7-9(10)5-1/h11-12,14,17-20,23,27-29,31-32H,5-10,13,15-16,21-22H2,1-4H3;1-8H/b18-17-,20-19-,25-12+;.